The number of nitrogens with zero attached hydrogens (tertiary/aromatic N) is 1. The van der Waals surface area contributed by atoms with Gasteiger partial charge in [-0.25, -0.2) is 4.79 Å². The SMILES string of the molecule is O=C(O)C[C@@H](NC(=O)Cn1cc(Br)ccc1=O)C(=O)O. The van der Waals surface area contributed by atoms with Crippen LogP contribution in [0.5, 0.6) is 0 Å². The van der Waals surface area contributed by atoms with Crippen LogP contribution in [0.1, 0.15) is 6.42 Å². The van der Waals surface area contributed by atoms with Crippen LogP contribution in [0.4, 0.5) is 0 Å². The second-order valence-electron chi connectivity index (χ2n) is 3.87. The first-order valence-corrected chi connectivity index (χ1v) is 6.19. The highest BCUT2D eigenvalue weighted by Crippen LogP contribution is 2.04. The summed E-state index contributed by atoms with van der Waals surface area (Å²) < 4.78 is 1.64. The molecule has 0 radical (unpaired) electrons. The third-order valence-electron chi connectivity index (χ3n) is 2.27. The van der Waals surface area contributed by atoms with Gasteiger partial charge in [-0.2, -0.15) is 0 Å². The Morgan fingerprint density at radius 3 is 2.50 bits per heavy atom. The summed E-state index contributed by atoms with van der Waals surface area (Å²) in [6.07, 6.45) is 0.628. The fraction of sp³-hybridized carbons (Fsp3) is 0.273. The van der Waals surface area contributed by atoms with Crippen molar-refractivity contribution in [3.05, 3.63) is 33.2 Å². The summed E-state index contributed by atoms with van der Waals surface area (Å²) >= 11 is 3.13. The first-order valence-electron chi connectivity index (χ1n) is 5.39. The lowest BCUT2D eigenvalue weighted by Crippen LogP contribution is -2.44. The van der Waals surface area contributed by atoms with E-state index >= 15 is 0 Å². The molecular formula is C11H11BrN2O6. The summed E-state index contributed by atoms with van der Waals surface area (Å²) in [5.74, 6) is -3.57. The third kappa shape index (κ3) is 4.84. The van der Waals surface area contributed by atoms with Gasteiger partial charge in [-0.1, -0.05) is 0 Å². The van der Waals surface area contributed by atoms with E-state index in [1.807, 2.05) is 5.32 Å². The monoisotopic (exact) mass is 346 g/mol. The molecule has 20 heavy (non-hydrogen) atoms. The molecule has 1 aromatic rings. The Hall–Kier alpha value is -2.16. The molecule has 0 aliphatic carbocycles. The molecule has 0 saturated heterocycles. The normalized spacial score (nSPS) is 11.7. The average molecular weight is 347 g/mol. The number of carbonyl (C=O) groups excluding carboxylic acids is 1. The molecule has 0 aromatic carbocycles. The molecule has 1 amide bonds. The number of aromatic nitrogens is 1. The van der Waals surface area contributed by atoms with Gasteiger partial charge in [0.25, 0.3) is 5.56 Å². The van der Waals surface area contributed by atoms with Crippen molar-refractivity contribution >= 4 is 33.8 Å². The van der Waals surface area contributed by atoms with E-state index in [2.05, 4.69) is 15.9 Å². The molecule has 0 bridgehead atoms. The quantitative estimate of drug-likeness (QED) is 0.646. The zero-order chi connectivity index (χ0) is 15.3. The van der Waals surface area contributed by atoms with Crippen LogP contribution in [0.3, 0.4) is 0 Å². The standard InChI is InChI=1S/C11H11BrN2O6/c12-6-1-2-9(16)14(4-6)5-8(15)13-7(11(19)20)3-10(17)18/h1-2,4,7H,3,5H2,(H,13,15)(H,17,18)(H,19,20)/t7-/m1/s1. The number of carbonyl (C=O) groups is 3. The minimum Gasteiger partial charge on any atom is -0.481 e. The van der Waals surface area contributed by atoms with Gasteiger partial charge in [-0.3, -0.25) is 14.4 Å². The summed E-state index contributed by atoms with van der Waals surface area (Å²) in [5, 5.41) is 19.4. The minimum atomic E-state index is -1.54. The maximum atomic E-state index is 11.6. The molecule has 0 unspecified atom stereocenters. The van der Waals surface area contributed by atoms with Crippen LogP contribution >= 0.6 is 15.9 Å². The fourth-order valence-electron chi connectivity index (χ4n) is 1.40. The molecule has 8 nitrogen and oxygen atoms in total. The molecule has 9 heteroatoms. The highest BCUT2D eigenvalue weighted by molar-refractivity contribution is 9.10. The lowest BCUT2D eigenvalue weighted by molar-refractivity contribution is -0.147. The van der Waals surface area contributed by atoms with Gasteiger partial charge in [0.1, 0.15) is 12.6 Å². The molecule has 0 aliphatic heterocycles. The molecular weight excluding hydrogens is 336 g/mol. The van der Waals surface area contributed by atoms with Crippen LogP contribution in [0.25, 0.3) is 0 Å². The average Bonchev–Trinajstić information content (AvgIpc) is 2.32. The van der Waals surface area contributed by atoms with E-state index in [4.69, 9.17) is 10.2 Å². The van der Waals surface area contributed by atoms with Crippen LogP contribution in [0, 0.1) is 0 Å². The van der Waals surface area contributed by atoms with Gasteiger partial charge in [-0.15, -0.1) is 0 Å². The molecule has 0 aliphatic rings. The Balaban J connectivity index is 2.75. The number of aliphatic carboxylic acids is 2. The van der Waals surface area contributed by atoms with Crippen LogP contribution in [-0.4, -0.2) is 38.7 Å². The van der Waals surface area contributed by atoms with Crippen molar-refractivity contribution in [3.8, 4) is 0 Å². The number of rotatable bonds is 6. The lowest BCUT2D eigenvalue weighted by Gasteiger charge is -2.13. The second kappa shape index (κ2) is 6.85. The van der Waals surface area contributed by atoms with Crippen LogP contribution in [0.15, 0.2) is 27.6 Å². The van der Waals surface area contributed by atoms with Crippen LogP contribution in [0.2, 0.25) is 0 Å². The maximum absolute atomic E-state index is 11.6. The number of hydrogen-bond donors (Lipinski definition) is 3. The van der Waals surface area contributed by atoms with E-state index in [-0.39, 0.29) is 0 Å². The number of carboxylic acids is 2. The van der Waals surface area contributed by atoms with E-state index in [0.29, 0.717) is 4.47 Å². The van der Waals surface area contributed by atoms with Gasteiger partial charge in [0.15, 0.2) is 0 Å². The van der Waals surface area contributed by atoms with E-state index in [1.165, 1.54) is 18.3 Å². The Morgan fingerprint density at radius 2 is 1.95 bits per heavy atom. The Morgan fingerprint density at radius 1 is 1.30 bits per heavy atom. The molecule has 0 fully saturated rings. The van der Waals surface area contributed by atoms with Gasteiger partial charge in [0.05, 0.1) is 6.42 Å². The van der Waals surface area contributed by atoms with Crippen molar-refractivity contribution in [1.82, 2.24) is 9.88 Å². The molecule has 3 N–H and O–H groups in total. The van der Waals surface area contributed by atoms with Gasteiger partial charge in [-0.05, 0) is 22.0 Å². The summed E-state index contributed by atoms with van der Waals surface area (Å²) in [7, 11) is 0. The van der Waals surface area contributed by atoms with Crippen LogP contribution < -0.4 is 10.9 Å². The number of carboxylic acid groups (broad SMARTS) is 2. The molecule has 108 valence electrons. The zero-order valence-corrected chi connectivity index (χ0v) is 11.7. The molecule has 0 spiro atoms. The number of halogens is 1. The van der Waals surface area contributed by atoms with Gasteiger partial charge in [0.2, 0.25) is 5.91 Å². The highest BCUT2D eigenvalue weighted by Gasteiger charge is 2.23. The summed E-state index contributed by atoms with van der Waals surface area (Å²) in [5.41, 5.74) is -0.437. The van der Waals surface area contributed by atoms with Crippen molar-refractivity contribution < 1.29 is 24.6 Å². The second-order valence-corrected chi connectivity index (χ2v) is 4.79. The van der Waals surface area contributed by atoms with Gasteiger partial charge < -0.3 is 20.1 Å². The molecule has 1 atom stereocenters. The minimum absolute atomic E-state index is 0.401. The van der Waals surface area contributed by atoms with E-state index in [9.17, 15) is 19.2 Å². The summed E-state index contributed by atoms with van der Waals surface area (Å²) in [4.78, 5) is 44.4. The molecule has 1 heterocycles. The van der Waals surface area contributed by atoms with Crippen molar-refractivity contribution in [2.24, 2.45) is 0 Å². The third-order valence-corrected chi connectivity index (χ3v) is 2.74. The Bertz CT molecular complexity index is 597. The smallest absolute Gasteiger partial charge is 0.326 e. The van der Waals surface area contributed by atoms with E-state index in [1.54, 1.807) is 0 Å². The Labute approximate surface area is 121 Å². The number of pyridine rings is 1. The molecule has 1 rings (SSSR count). The predicted molar refractivity (Wildman–Crippen MR) is 70.2 cm³/mol. The molecule has 0 saturated carbocycles. The van der Waals surface area contributed by atoms with E-state index < -0.39 is 42.4 Å². The van der Waals surface area contributed by atoms with E-state index in [0.717, 1.165) is 4.57 Å². The highest BCUT2D eigenvalue weighted by atomic mass is 79.9. The lowest BCUT2D eigenvalue weighted by atomic mass is 10.2. The fourth-order valence-corrected chi connectivity index (χ4v) is 1.77. The molecule has 1 aromatic heterocycles. The van der Waals surface area contributed by atoms with Gasteiger partial charge in [0, 0.05) is 16.7 Å². The zero-order valence-electron chi connectivity index (χ0n) is 10.1. The van der Waals surface area contributed by atoms with Gasteiger partial charge >= 0.3 is 11.9 Å². The summed E-state index contributed by atoms with van der Waals surface area (Å²) in [6.45, 7) is -0.401. The van der Waals surface area contributed by atoms with Crippen molar-refractivity contribution in [3.63, 3.8) is 0 Å². The topological polar surface area (TPSA) is 126 Å². The first kappa shape index (κ1) is 15.9. The Kier molecular flexibility index (Phi) is 5.44. The van der Waals surface area contributed by atoms with Crippen LogP contribution in [-0.2, 0) is 20.9 Å². The van der Waals surface area contributed by atoms with Crippen molar-refractivity contribution in [2.75, 3.05) is 0 Å². The summed E-state index contributed by atoms with van der Waals surface area (Å²) in [6, 6.07) is 1.20. The largest absolute Gasteiger partial charge is 0.481 e. The number of hydrogen-bond acceptors (Lipinski definition) is 4. The predicted octanol–water partition coefficient (Wildman–Crippen LogP) is -0.345. The number of nitrogens with one attached hydrogen (secondary N) is 1. The van der Waals surface area contributed by atoms with Crippen molar-refractivity contribution in [1.29, 1.82) is 0 Å². The number of amides is 1. The van der Waals surface area contributed by atoms with Crippen molar-refractivity contribution in [2.45, 2.75) is 19.0 Å². The maximum Gasteiger partial charge on any atom is 0.326 e. The first-order chi connectivity index (χ1) is 9.29.